The molecule has 0 saturated carbocycles. The highest BCUT2D eigenvalue weighted by atomic mass is 14.2. The Hall–Kier alpha value is -4.42. The zero-order chi connectivity index (χ0) is 23.3. The minimum absolute atomic E-state index is 1.11. The summed E-state index contributed by atoms with van der Waals surface area (Å²) in [6.07, 6.45) is 3.97. The Morgan fingerprint density at radius 2 is 0.882 bits per heavy atom. The molecule has 0 spiro atoms. The SMILES string of the molecule is C=Cc1cc(-c2ccccc2-c2ccccc2)c(C=C)c(-c2ccccc2)c1-c1ccccc1. The monoisotopic (exact) mass is 434 g/mol. The molecule has 0 heteroatoms. The van der Waals surface area contributed by atoms with Crippen molar-refractivity contribution in [3.63, 3.8) is 0 Å². The fraction of sp³-hybridized carbons (Fsp3) is 0. The third kappa shape index (κ3) is 3.91. The fourth-order valence-corrected chi connectivity index (χ4v) is 4.72. The lowest BCUT2D eigenvalue weighted by Gasteiger charge is -2.22. The quantitative estimate of drug-likeness (QED) is 0.249. The molecule has 0 saturated heterocycles. The maximum absolute atomic E-state index is 4.27. The maximum atomic E-state index is 4.27. The van der Waals surface area contributed by atoms with Crippen LogP contribution in [0.5, 0.6) is 0 Å². The topological polar surface area (TPSA) is 0 Å². The number of hydrogen-bond acceptors (Lipinski definition) is 0. The van der Waals surface area contributed by atoms with Gasteiger partial charge in [-0.25, -0.2) is 0 Å². The van der Waals surface area contributed by atoms with Crippen molar-refractivity contribution in [2.24, 2.45) is 0 Å². The van der Waals surface area contributed by atoms with E-state index in [0.717, 1.165) is 16.7 Å². The Balaban J connectivity index is 1.90. The van der Waals surface area contributed by atoms with E-state index in [1.807, 2.05) is 12.2 Å². The third-order valence-corrected chi connectivity index (χ3v) is 6.25. The molecule has 0 aromatic heterocycles. The Morgan fingerprint density at radius 1 is 0.412 bits per heavy atom. The van der Waals surface area contributed by atoms with Crippen LogP contribution in [0.1, 0.15) is 11.1 Å². The molecule has 0 aliphatic heterocycles. The smallest absolute Gasteiger partial charge is 0.00208 e. The van der Waals surface area contributed by atoms with E-state index in [9.17, 15) is 0 Å². The van der Waals surface area contributed by atoms with Crippen molar-refractivity contribution in [3.05, 3.63) is 146 Å². The van der Waals surface area contributed by atoms with Crippen LogP contribution in [-0.4, -0.2) is 0 Å². The molecule has 0 heterocycles. The van der Waals surface area contributed by atoms with Gasteiger partial charge >= 0.3 is 0 Å². The average Bonchev–Trinajstić information content (AvgIpc) is 2.93. The van der Waals surface area contributed by atoms with Crippen molar-refractivity contribution in [3.8, 4) is 44.5 Å². The van der Waals surface area contributed by atoms with Crippen molar-refractivity contribution in [2.75, 3.05) is 0 Å². The lowest BCUT2D eigenvalue weighted by atomic mass is 9.81. The zero-order valence-corrected chi connectivity index (χ0v) is 19.1. The molecule has 0 nitrogen and oxygen atoms in total. The van der Waals surface area contributed by atoms with Gasteiger partial charge in [0.1, 0.15) is 0 Å². The molecular weight excluding hydrogens is 408 g/mol. The molecule has 34 heavy (non-hydrogen) atoms. The number of hydrogen-bond donors (Lipinski definition) is 0. The highest BCUT2D eigenvalue weighted by molar-refractivity contribution is 6.01. The first-order valence-electron chi connectivity index (χ1n) is 11.5. The van der Waals surface area contributed by atoms with Crippen LogP contribution in [0.3, 0.4) is 0 Å². The van der Waals surface area contributed by atoms with E-state index in [1.165, 1.54) is 38.9 Å². The molecule has 0 amide bonds. The largest absolute Gasteiger partial charge is 0.0984 e. The summed E-state index contributed by atoms with van der Waals surface area (Å²) in [5.74, 6) is 0. The summed E-state index contributed by atoms with van der Waals surface area (Å²) in [7, 11) is 0. The van der Waals surface area contributed by atoms with Crippen LogP contribution in [0.4, 0.5) is 0 Å². The lowest BCUT2D eigenvalue weighted by Crippen LogP contribution is -1.98. The molecule has 0 aliphatic rings. The van der Waals surface area contributed by atoms with Gasteiger partial charge in [-0.3, -0.25) is 0 Å². The molecule has 0 bridgehead atoms. The Morgan fingerprint density at radius 3 is 1.41 bits per heavy atom. The zero-order valence-electron chi connectivity index (χ0n) is 19.1. The number of rotatable bonds is 6. The van der Waals surface area contributed by atoms with E-state index in [4.69, 9.17) is 0 Å². The van der Waals surface area contributed by atoms with Crippen LogP contribution in [0.25, 0.3) is 56.7 Å². The highest BCUT2D eigenvalue weighted by Gasteiger charge is 2.20. The Kier molecular flexibility index (Phi) is 6.05. The summed E-state index contributed by atoms with van der Waals surface area (Å²) in [6.45, 7) is 8.47. The van der Waals surface area contributed by atoms with Crippen molar-refractivity contribution in [1.29, 1.82) is 0 Å². The molecule has 0 atom stereocenters. The van der Waals surface area contributed by atoms with Gasteiger partial charge in [0.25, 0.3) is 0 Å². The molecule has 5 rings (SSSR count). The van der Waals surface area contributed by atoms with E-state index in [0.29, 0.717) is 0 Å². The Bertz CT molecular complexity index is 1440. The van der Waals surface area contributed by atoms with Gasteiger partial charge in [-0.2, -0.15) is 0 Å². The summed E-state index contributed by atoms with van der Waals surface area (Å²) in [5.41, 5.74) is 11.7. The van der Waals surface area contributed by atoms with E-state index < -0.39 is 0 Å². The van der Waals surface area contributed by atoms with Gasteiger partial charge < -0.3 is 0 Å². The van der Waals surface area contributed by atoms with Gasteiger partial charge in [0.05, 0.1) is 0 Å². The molecule has 0 radical (unpaired) electrons. The predicted molar refractivity (Wildman–Crippen MR) is 148 cm³/mol. The Labute approximate surface area is 202 Å². The van der Waals surface area contributed by atoms with Crippen LogP contribution in [0.15, 0.2) is 134 Å². The maximum Gasteiger partial charge on any atom is -0.00208 e. The van der Waals surface area contributed by atoms with Gasteiger partial charge in [-0.1, -0.05) is 141 Å². The number of benzene rings is 5. The van der Waals surface area contributed by atoms with Crippen molar-refractivity contribution >= 4 is 12.2 Å². The second-order valence-electron chi connectivity index (χ2n) is 8.23. The molecule has 162 valence electrons. The van der Waals surface area contributed by atoms with E-state index in [1.54, 1.807) is 0 Å². The highest BCUT2D eigenvalue weighted by Crippen LogP contribution is 2.45. The van der Waals surface area contributed by atoms with E-state index >= 15 is 0 Å². The van der Waals surface area contributed by atoms with Gasteiger partial charge in [-0.05, 0) is 61.7 Å². The van der Waals surface area contributed by atoms with Crippen LogP contribution in [0, 0.1) is 0 Å². The van der Waals surface area contributed by atoms with Gasteiger partial charge in [0.2, 0.25) is 0 Å². The van der Waals surface area contributed by atoms with Crippen LogP contribution < -0.4 is 0 Å². The second kappa shape index (κ2) is 9.60. The fourth-order valence-electron chi connectivity index (χ4n) is 4.72. The summed E-state index contributed by atoms with van der Waals surface area (Å²) in [4.78, 5) is 0. The molecule has 5 aromatic rings. The first kappa shape index (κ1) is 21.4. The second-order valence-corrected chi connectivity index (χ2v) is 8.23. The van der Waals surface area contributed by atoms with Crippen LogP contribution in [0.2, 0.25) is 0 Å². The predicted octanol–water partition coefficient (Wildman–Crippen LogP) is 9.64. The van der Waals surface area contributed by atoms with Gasteiger partial charge in [-0.15, -0.1) is 0 Å². The summed E-state index contributed by atoms with van der Waals surface area (Å²) < 4.78 is 0. The van der Waals surface area contributed by atoms with Crippen molar-refractivity contribution in [1.82, 2.24) is 0 Å². The molecular formula is C34H26. The molecule has 0 N–H and O–H groups in total. The standard InChI is InChI=1S/C34H26/c1-3-25-24-32(31-23-15-14-22-30(31)26-16-8-5-9-17-26)29(4-2)34(28-20-12-7-13-21-28)33(25)27-18-10-6-11-19-27/h3-24H,1-2H2. The van der Waals surface area contributed by atoms with Crippen LogP contribution >= 0.6 is 0 Å². The first-order valence-corrected chi connectivity index (χ1v) is 11.5. The molecule has 0 aliphatic carbocycles. The van der Waals surface area contributed by atoms with Crippen molar-refractivity contribution < 1.29 is 0 Å². The van der Waals surface area contributed by atoms with Gasteiger partial charge in [0, 0.05) is 0 Å². The normalized spacial score (nSPS) is 10.6. The van der Waals surface area contributed by atoms with Crippen LogP contribution in [-0.2, 0) is 0 Å². The minimum Gasteiger partial charge on any atom is -0.0984 e. The van der Waals surface area contributed by atoms with E-state index in [-0.39, 0.29) is 0 Å². The minimum atomic E-state index is 1.11. The summed E-state index contributed by atoms with van der Waals surface area (Å²) >= 11 is 0. The average molecular weight is 435 g/mol. The summed E-state index contributed by atoms with van der Waals surface area (Å²) in [5, 5.41) is 0. The first-order chi connectivity index (χ1) is 16.8. The van der Waals surface area contributed by atoms with E-state index in [2.05, 4.69) is 134 Å². The third-order valence-electron chi connectivity index (χ3n) is 6.25. The van der Waals surface area contributed by atoms with Crippen molar-refractivity contribution in [2.45, 2.75) is 0 Å². The molecule has 0 fully saturated rings. The lowest BCUT2D eigenvalue weighted by molar-refractivity contribution is 1.52. The molecule has 0 unspecified atom stereocenters. The van der Waals surface area contributed by atoms with Gasteiger partial charge in [0.15, 0.2) is 0 Å². The summed E-state index contributed by atoms with van der Waals surface area (Å²) in [6, 6.07) is 42.6. The molecule has 5 aromatic carbocycles.